The molecule has 0 unspecified atom stereocenters. The van der Waals surface area contributed by atoms with Gasteiger partial charge in [-0.3, -0.25) is 0 Å². The lowest BCUT2D eigenvalue weighted by Crippen LogP contribution is -2.90. The molecule has 1 fully saturated rings. The molecule has 0 heterocycles. The van der Waals surface area contributed by atoms with Crippen molar-refractivity contribution in [2.45, 2.75) is 45.7 Å². The van der Waals surface area contributed by atoms with Crippen molar-refractivity contribution < 1.29 is 14.8 Å². The van der Waals surface area contributed by atoms with E-state index in [1.54, 1.807) is 14.2 Å². The molecule has 3 heteroatoms. The first-order valence-electron chi connectivity index (χ1n) is 7.70. The number of methoxy groups -OCH3 is 2. The molecule has 0 radical (unpaired) electrons. The first kappa shape index (κ1) is 15.2. The standard InChI is InChI=1S/C17H27NO2/c1-12-6-5-7-15(13(12)2)18-11-14-8-9-16(19-3)17(10-14)20-4/h8-10,12-13,15,18H,5-7,11H2,1-4H3/p+1/t12-,13-,15+/m1/s1. The van der Waals surface area contributed by atoms with Crippen LogP contribution in [-0.2, 0) is 6.54 Å². The fourth-order valence-electron chi connectivity index (χ4n) is 3.25. The van der Waals surface area contributed by atoms with E-state index in [-0.39, 0.29) is 0 Å². The third-order valence-electron chi connectivity index (χ3n) is 4.87. The molecule has 1 aromatic carbocycles. The molecule has 3 nitrogen and oxygen atoms in total. The molecule has 0 spiro atoms. The molecule has 2 rings (SSSR count). The Morgan fingerprint density at radius 3 is 2.55 bits per heavy atom. The molecule has 0 saturated heterocycles. The van der Waals surface area contributed by atoms with Gasteiger partial charge in [-0.05, 0) is 43.4 Å². The Hall–Kier alpha value is -1.22. The van der Waals surface area contributed by atoms with Crippen LogP contribution in [0, 0.1) is 11.8 Å². The summed E-state index contributed by atoms with van der Waals surface area (Å²) in [6, 6.07) is 6.97. The molecule has 0 aromatic heterocycles. The molecule has 3 atom stereocenters. The lowest BCUT2D eigenvalue weighted by Gasteiger charge is -2.32. The second-order valence-electron chi connectivity index (χ2n) is 6.06. The fourth-order valence-corrected chi connectivity index (χ4v) is 3.25. The van der Waals surface area contributed by atoms with E-state index in [1.165, 1.54) is 24.8 Å². The van der Waals surface area contributed by atoms with E-state index >= 15 is 0 Å². The van der Waals surface area contributed by atoms with E-state index in [0.29, 0.717) is 0 Å². The average Bonchev–Trinajstić information content (AvgIpc) is 2.48. The average molecular weight is 278 g/mol. The van der Waals surface area contributed by atoms with Gasteiger partial charge in [0.05, 0.1) is 20.3 Å². The van der Waals surface area contributed by atoms with Gasteiger partial charge in [-0.2, -0.15) is 0 Å². The Kier molecular flexibility index (Phi) is 5.30. The summed E-state index contributed by atoms with van der Waals surface area (Å²) in [5.41, 5.74) is 1.30. The van der Waals surface area contributed by atoms with Crippen molar-refractivity contribution in [3.05, 3.63) is 23.8 Å². The van der Waals surface area contributed by atoms with Gasteiger partial charge in [0.25, 0.3) is 0 Å². The zero-order chi connectivity index (χ0) is 14.5. The van der Waals surface area contributed by atoms with Crippen molar-refractivity contribution in [2.75, 3.05) is 14.2 Å². The highest BCUT2D eigenvalue weighted by molar-refractivity contribution is 5.42. The first-order valence-corrected chi connectivity index (χ1v) is 7.70. The van der Waals surface area contributed by atoms with Crippen LogP contribution in [-0.4, -0.2) is 20.3 Å². The second-order valence-corrected chi connectivity index (χ2v) is 6.06. The largest absolute Gasteiger partial charge is 0.493 e. The summed E-state index contributed by atoms with van der Waals surface area (Å²) in [6.07, 6.45) is 4.11. The number of quaternary nitrogens is 1. The van der Waals surface area contributed by atoms with E-state index < -0.39 is 0 Å². The van der Waals surface area contributed by atoms with Crippen LogP contribution >= 0.6 is 0 Å². The Morgan fingerprint density at radius 2 is 1.85 bits per heavy atom. The molecule has 1 saturated carbocycles. The Balaban J connectivity index is 1.96. The maximum absolute atomic E-state index is 5.37. The quantitative estimate of drug-likeness (QED) is 0.898. The lowest BCUT2D eigenvalue weighted by molar-refractivity contribution is -0.713. The molecule has 112 valence electrons. The van der Waals surface area contributed by atoms with Crippen molar-refractivity contribution in [2.24, 2.45) is 11.8 Å². The monoisotopic (exact) mass is 278 g/mol. The smallest absolute Gasteiger partial charge is 0.161 e. The summed E-state index contributed by atoms with van der Waals surface area (Å²) >= 11 is 0. The highest BCUT2D eigenvalue weighted by Crippen LogP contribution is 2.29. The summed E-state index contributed by atoms with van der Waals surface area (Å²) in [7, 11) is 3.37. The van der Waals surface area contributed by atoms with Crippen LogP contribution in [0.25, 0.3) is 0 Å². The number of ether oxygens (including phenoxy) is 2. The van der Waals surface area contributed by atoms with Crippen molar-refractivity contribution in [3.63, 3.8) is 0 Å². The molecule has 0 bridgehead atoms. The first-order chi connectivity index (χ1) is 9.65. The summed E-state index contributed by atoms with van der Waals surface area (Å²) in [4.78, 5) is 0. The normalized spacial score (nSPS) is 26.3. The van der Waals surface area contributed by atoms with Gasteiger partial charge in [0.2, 0.25) is 0 Å². The molecule has 20 heavy (non-hydrogen) atoms. The molecule has 1 aliphatic carbocycles. The van der Waals surface area contributed by atoms with Crippen LogP contribution < -0.4 is 14.8 Å². The van der Waals surface area contributed by atoms with E-state index in [1.807, 2.05) is 6.07 Å². The Labute approximate surface area is 122 Å². The molecule has 0 amide bonds. The van der Waals surface area contributed by atoms with Crippen LogP contribution in [0.3, 0.4) is 0 Å². The maximum atomic E-state index is 5.37. The van der Waals surface area contributed by atoms with E-state index in [4.69, 9.17) is 9.47 Å². The lowest BCUT2D eigenvalue weighted by atomic mass is 9.78. The molecule has 2 N–H and O–H groups in total. The molecular formula is C17H28NO2+. The van der Waals surface area contributed by atoms with Gasteiger partial charge in [0.1, 0.15) is 6.54 Å². The minimum absolute atomic E-state index is 0.756. The molecule has 1 aromatic rings. The van der Waals surface area contributed by atoms with Crippen molar-refractivity contribution in [1.29, 1.82) is 0 Å². The summed E-state index contributed by atoms with van der Waals surface area (Å²) in [5.74, 6) is 3.29. The van der Waals surface area contributed by atoms with Gasteiger partial charge in [-0.25, -0.2) is 0 Å². The summed E-state index contributed by atoms with van der Waals surface area (Å²) in [6.45, 7) is 5.81. The second kappa shape index (κ2) is 6.98. The minimum Gasteiger partial charge on any atom is -0.493 e. The summed E-state index contributed by atoms with van der Waals surface area (Å²) < 4.78 is 10.6. The highest BCUT2D eigenvalue weighted by atomic mass is 16.5. The third kappa shape index (κ3) is 3.45. The molecular weight excluding hydrogens is 250 g/mol. The molecule has 0 aliphatic heterocycles. The van der Waals surface area contributed by atoms with Gasteiger partial charge in [-0.15, -0.1) is 0 Å². The SMILES string of the molecule is COc1ccc(C[NH2+][C@H]2CCC[C@@H](C)[C@H]2C)cc1OC. The minimum atomic E-state index is 0.756. The van der Waals surface area contributed by atoms with Gasteiger partial charge >= 0.3 is 0 Å². The number of nitrogens with two attached hydrogens (primary N) is 1. The zero-order valence-corrected chi connectivity index (χ0v) is 13.2. The Bertz CT molecular complexity index is 433. The van der Waals surface area contributed by atoms with Crippen LogP contribution in [0.2, 0.25) is 0 Å². The third-order valence-corrected chi connectivity index (χ3v) is 4.87. The molecule has 1 aliphatic rings. The zero-order valence-electron chi connectivity index (χ0n) is 13.2. The van der Waals surface area contributed by atoms with E-state index in [9.17, 15) is 0 Å². The predicted octanol–water partition coefficient (Wildman–Crippen LogP) is 2.59. The summed E-state index contributed by atoms with van der Waals surface area (Å²) in [5, 5.41) is 2.50. The van der Waals surface area contributed by atoms with Gasteiger partial charge < -0.3 is 14.8 Å². The van der Waals surface area contributed by atoms with Crippen LogP contribution in [0.5, 0.6) is 11.5 Å². The van der Waals surface area contributed by atoms with Gasteiger partial charge in [0, 0.05) is 11.5 Å². The topological polar surface area (TPSA) is 35.1 Å². The van der Waals surface area contributed by atoms with E-state index in [2.05, 4.69) is 31.3 Å². The van der Waals surface area contributed by atoms with Crippen molar-refractivity contribution >= 4 is 0 Å². The number of rotatable bonds is 5. The number of hydrogen-bond donors (Lipinski definition) is 1. The van der Waals surface area contributed by atoms with E-state index in [0.717, 1.165) is 35.9 Å². The van der Waals surface area contributed by atoms with Gasteiger partial charge in [-0.1, -0.05) is 13.8 Å². The van der Waals surface area contributed by atoms with Crippen molar-refractivity contribution in [3.8, 4) is 11.5 Å². The maximum Gasteiger partial charge on any atom is 0.161 e. The highest BCUT2D eigenvalue weighted by Gasteiger charge is 2.29. The fraction of sp³-hybridized carbons (Fsp3) is 0.647. The number of benzene rings is 1. The van der Waals surface area contributed by atoms with Crippen molar-refractivity contribution in [1.82, 2.24) is 0 Å². The van der Waals surface area contributed by atoms with Gasteiger partial charge in [0.15, 0.2) is 11.5 Å². The van der Waals surface area contributed by atoms with Crippen LogP contribution in [0.4, 0.5) is 0 Å². The number of hydrogen-bond acceptors (Lipinski definition) is 2. The van der Waals surface area contributed by atoms with Crippen LogP contribution in [0.15, 0.2) is 18.2 Å². The van der Waals surface area contributed by atoms with Crippen LogP contribution in [0.1, 0.15) is 38.7 Å². The predicted molar refractivity (Wildman–Crippen MR) is 81.1 cm³/mol. The Morgan fingerprint density at radius 1 is 1.10 bits per heavy atom.